The number of likely N-dealkylation sites (N-methyl/N-ethyl adjacent to an activating group) is 1. The summed E-state index contributed by atoms with van der Waals surface area (Å²) in [7, 11) is 0.455. The van der Waals surface area contributed by atoms with Crippen molar-refractivity contribution in [2.24, 2.45) is 5.92 Å². The van der Waals surface area contributed by atoms with Gasteiger partial charge in [-0.1, -0.05) is 13.0 Å². The van der Waals surface area contributed by atoms with E-state index in [-0.39, 0.29) is 0 Å². The van der Waals surface area contributed by atoms with Crippen LogP contribution in [0.3, 0.4) is 0 Å². The molecule has 0 N–H and O–H groups in total. The van der Waals surface area contributed by atoms with Gasteiger partial charge in [-0.05, 0) is 45.0 Å². The molecule has 23 heavy (non-hydrogen) atoms. The van der Waals surface area contributed by atoms with Crippen molar-refractivity contribution in [3.8, 4) is 0 Å². The van der Waals surface area contributed by atoms with Gasteiger partial charge in [0, 0.05) is 32.4 Å². The maximum Gasteiger partial charge on any atom is 0.282 e. The van der Waals surface area contributed by atoms with Crippen LogP contribution in [-0.2, 0) is 16.8 Å². The lowest BCUT2D eigenvalue weighted by Gasteiger charge is -2.34. The second kappa shape index (κ2) is 8.19. The third kappa shape index (κ3) is 5.24. The van der Waals surface area contributed by atoms with Gasteiger partial charge in [0.15, 0.2) is 0 Å². The van der Waals surface area contributed by atoms with Gasteiger partial charge in [0.05, 0.1) is 12.2 Å². The van der Waals surface area contributed by atoms with Crippen LogP contribution < -0.4 is 0 Å². The van der Waals surface area contributed by atoms with Crippen molar-refractivity contribution in [2.45, 2.75) is 26.3 Å². The van der Waals surface area contributed by atoms with E-state index in [0.717, 1.165) is 18.5 Å². The summed E-state index contributed by atoms with van der Waals surface area (Å²) in [6, 6.07) is 5.60. The first-order valence-corrected chi connectivity index (χ1v) is 9.59. The zero-order valence-corrected chi connectivity index (χ0v) is 15.2. The molecule has 6 nitrogen and oxygen atoms in total. The molecule has 1 atom stereocenters. The first-order chi connectivity index (χ1) is 10.9. The Balaban J connectivity index is 2.17. The van der Waals surface area contributed by atoms with E-state index in [0.29, 0.717) is 38.6 Å². The Morgan fingerprint density at radius 2 is 2.09 bits per heavy atom. The summed E-state index contributed by atoms with van der Waals surface area (Å²) in [5.74, 6) is 0.420. The van der Waals surface area contributed by atoms with Gasteiger partial charge in [-0.25, -0.2) is 0 Å². The molecule has 0 saturated carbocycles. The zero-order valence-electron chi connectivity index (χ0n) is 14.4. The molecule has 0 aromatic carbocycles. The largest absolute Gasteiger partial charge is 0.308 e. The molecule has 1 aromatic heterocycles. The maximum atomic E-state index is 13.1. The second-order valence-electron chi connectivity index (χ2n) is 6.57. The van der Waals surface area contributed by atoms with Crippen molar-refractivity contribution in [3.05, 3.63) is 30.1 Å². The number of pyridine rings is 1. The van der Waals surface area contributed by atoms with E-state index in [2.05, 4.69) is 11.9 Å². The summed E-state index contributed by atoms with van der Waals surface area (Å²) >= 11 is 0. The quantitative estimate of drug-likeness (QED) is 0.753. The molecular formula is C16H28N4O2S. The van der Waals surface area contributed by atoms with Crippen LogP contribution in [0.2, 0.25) is 0 Å². The van der Waals surface area contributed by atoms with Gasteiger partial charge in [-0.2, -0.15) is 17.0 Å². The van der Waals surface area contributed by atoms with Crippen molar-refractivity contribution in [3.63, 3.8) is 0 Å². The summed E-state index contributed by atoms with van der Waals surface area (Å²) in [6.45, 7) is 4.83. The van der Waals surface area contributed by atoms with E-state index in [9.17, 15) is 8.42 Å². The standard InChI is InChI=1S/C16H28N4O2S/c1-15-7-6-10-19(13-15)23(21,22)20(12-11-18(2)3)14-16-8-4-5-9-17-16/h4-5,8-9,15H,6-7,10-14H2,1-3H3. The van der Waals surface area contributed by atoms with Crippen molar-refractivity contribution < 1.29 is 8.42 Å². The summed E-state index contributed by atoms with van der Waals surface area (Å²) in [6.07, 6.45) is 3.74. The van der Waals surface area contributed by atoms with Gasteiger partial charge in [-0.15, -0.1) is 0 Å². The van der Waals surface area contributed by atoms with Crippen molar-refractivity contribution in [1.29, 1.82) is 0 Å². The van der Waals surface area contributed by atoms with Crippen molar-refractivity contribution in [1.82, 2.24) is 18.5 Å². The minimum atomic E-state index is -3.45. The lowest BCUT2D eigenvalue weighted by atomic mass is 10.0. The Bertz CT molecular complexity index is 577. The van der Waals surface area contributed by atoms with Crippen molar-refractivity contribution >= 4 is 10.2 Å². The van der Waals surface area contributed by atoms with Crippen LogP contribution in [0.5, 0.6) is 0 Å². The molecule has 1 unspecified atom stereocenters. The molecule has 1 aliphatic heterocycles. The highest BCUT2D eigenvalue weighted by Gasteiger charge is 2.32. The van der Waals surface area contributed by atoms with Gasteiger partial charge < -0.3 is 4.90 Å². The normalized spacial score (nSPS) is 20.3. The van der Waals surface area contributed by atoms with E-state index in [4.69, 9.17) is 0 Å². The molecule has 1 fully saturated rings. The zero-order chi connectivity index (χ0) is 16.9. The lowest BCUT2D eigenvalue weighted by molar-refractivity contribution is 0.248. The molecule has 0 spiro atoms. The van der Waals surface area contributed by atoms with Crippen LogP contribution in [0.15, 0.2) is 24.4 Å². The predicted molar refractivity (Wildman–Crippen MR) is 92.1 cm³/mol. The number of rotatable bonds is 7. The average Bonchev–Trinajstić information content (AvgIpc) is 2.52. The Kier molecular flexibility index (Phi) is 6.52. The van der Waals surface area contributed by atoms with Gasteiger partial charge in [0.2, 0.25) is 0 Å². The number of nitrogens with zero attached hydrogens (tertiary/aromatic N) is 4. The van der Waals surface area contributed by atoms with Gasteiger partial charge in [0.25, 0.3) is 10.2 Å². The van der Waals surface area contributed by atoms with Gasteiger partial charge >= 0.3 is 0 Å². The fourth-order valence-corrected chi connectivity index (χ4v) is 4.52. The van der Waals surface area contributed by atoms with Gasteiger partial charge in [0.1, 0.15) is 0 Å². The average molecular weight is 340 g/mol. The van der Waals surface area contributed by atoms with Crippen LogP contribution in [0.25, 0.3) is 0 Å². The number of piperidine rings is 1. The van der Waals surface area contributed by atoms with Crippen LogP contribution in [0.4, 0.5) is 0 Å². The third-order valence-electron chi connectivity index (χ3n) is 4.13. The minimum absolute atomic E-state index is 0.321. The molecule has 1 aliphatic rings. The van der Waals surface area contributed by atoms with E-state index in [1.165, 1.54) is 0 Å². The fourth-order valence-electron chi connectivity index (χ4n) is 2.78. The molecule has 2 heterocycles. The number of hydrogen-bond donors (Lipinski definition) is 0. The first-order valence-electron chi connectivity index (χ1n) is 8.19. The SMILES string of the molecule is CC1CCCN(S(=O)(=O)N(CCN(C)C)Cc2ccccn2)C1. The van der Waals surface area contributed by atoms with Crippen molar-refractivity contribution in [2.75, 3.05) is 40.3 Å². The molecule has 2 rings (SSSR count). The molecule has 0 radical (unpaired) electrons. The van der Waals surface area contributed by atoms with Crippen LogP contribution >= 0.6 is 0 Å². The van der Waals surface area contributed by atoms with E-state index >= 15 is 0 Å². The minimum Gasteiger partial charge on any atom is -0.308 e. The molecule has 7 heteroatoms. The smallest absolute Gasteiger partial charge is 0.282 e. The lowest BCUT2D eigenvalue weighted by Crippen LogP contribution is -2.48. The van der Waals surface area contributed by atoms with Crippen LogP contribution in [0, 0.1) is 5.92 Å². The fraction of sp³-hybridized carbons (Fsp3) is 0.688. The molecule has 1 saturated heterocycles. The summed E-state index contributed by atoms with van der Waals surface area (Å²) in [4.78, 5) is 6.28. The highest BCUT2D eigenvalue weighted by molar-refractivity contribution is 7.86. The molecule has 0 bridgehead atoms. The molecule has 0 aliphatic carbocycles. The van der Waals surface area contributed by atoms with E-state index < -0.39 is 10.2 Å². The molecule has 1 aromatic rings. The maximum absolute atomic E-state index is 13.1. The highest BCUT2D eigenvalue weighted by atomic mass is 32.2. The predicted octanol–water partition coefficient (Wildman–Crippen LogP) is 1.42. The Hall–Kier alpha value is -1.02. The summed E-state index contributed by atoms with van der Waals surface area (Å²) in [5.41, 5.74) is 0.778. The molecular weight excluding hydrogens is 312 g/mol. The first kappa shape index (κ1) is 18.3. The monoisotopic (exact) mass is 340 g/mol. The van der Waals surface area contributed by atoms with Crippen LogP contribution in [-0.4, -0.2) is 67.2 Å². The Morgan fingerprint density at radius 1 is 1.30 bits per heavy atom. The second-order valence-corrected chi connectivity index (χ2v) is 8.50. The highest BCUT2D eigenvalue weighted by Crippen LogP contribution is 2.21. The number of hydrogen-bond acceptors (Lipinski definition) is 4. The summed E-state index contributed by atoms with van der Waals surface area (Å²) < 4.78 is 29.3. The van der Waals surface area contributed by atoms with Gasteiger partial charge in [-0.3, -0.25) is 4.98 Å². The number of aromatic nitrogens is 1. The topological polar surface area (TPSA) is 56.8 Å². The Morgan fingerprint density at radius 3 is 2.70 bits per heavy atom. The molecule has 0 amide bonds. The third-order valence-corrected chi connectivity index (χ3v) is 6.08. The Labute approximate surface area is 140 Å². The molecule has 130 valence electrons. The summed E-state index contributed by atoms with van der Waals surface area (Å²) in [5, 5.41) is 0. The van der Waals surface area contributed by atoms with E-state index in [1.807, 2.05) is 37.2 Å². The van der Waals surface area contributed by atoms with E-state index in [1.54, 1.807) is 14.8 Å². The van der Waals surface area contributed by atoms with Crippen LogP contribution in [0.1, 0.15) is 25.5 Å².